The molecule has 2 aliphatic rings. The van der Waals surface area contributed by atoms with Crippen LogP contribution in [0.5, 0.6) is 0 Å². The molecular formula is C17H24N6. The highest BCUT2D eigenvalue weighted by atomic mass is 15.2. The molecule has 1 aliphatic heterocycles. The van der Waals surface area contributed by atoms with Gasteiger partial charge < -0.3 is 16.0 Å². The summed E-state index contributed by atoms with van der Waals surface area (Å²) in [6, 6.07) is 3.04. The van der Waals surface area contributed by atoms with E-state index in [1.54, 1.807) is 0 Å². The molecule has 0 amide bonds. The third kappa shape index (κ3) is 2.95. The zero-order valence-corrected chi connectivity index (χ0v) is 13.8. The molecule has 0 aromatic carbocycles. The molecule has 6 heteroatoms. The van der Waals surface area contributed by atoms with Gasteiger partial charge in [-0.2, -0.15) is 9.97 Å². The van der Waals surface area contributed by atoms with E-state index in [9.17, 15) is 0 Å². The lowest BCUT2D eigenvalue weighted by molar-refractivity contribution is 0.445. The van der Waals surface area contributed by atoms with Gasteiger partial charge in [-0.15, -0.1) is 0 Å². The summed E-state index contributed by atoms with van der Waals surface area (Å²) in [6.45, 7) is 6.14. The predicted molar refractivity (Wildman–Crippen MR) is 93.0 cm³/mol. The molecule has 122 valence electrons. The Bertz CT molecular complexity index is 719. The Morgan fingerprint density at radius 3 is 2.61 bits per heavy atom. The SMILES string of the molecule is Cc1cc(C)c2c(NC3CCC3)nc(N[C@@H]3CCNC3)nc2n1. The van der Waals surface area contributed by atoms with Crippen molar-refractivity contribution in [3.8, 4) is 0 Å². The van der Waals surface area contributed by atoms with Gasteiger partial charge in [-0.25, -0.2) is 4.98 Å². The van der Waals surface area contributed by atoms with E-state index in [4.69, 9.17) is 4.98 Å². The number of fused-ring (bicyclic) bond motifs is 1. The van der Waals surface area contributed by atoms with Crippen molar-refractivity contribution in [2.75, 3.05) is 23.7 Å². The molecule has 1 atom stereocenters. The Hall–Kier alpha value is -1.95. The van der Waals surface area contributed by atoms with E-state index in [1.807, 2.05) is 6.92 Å². The van der Waals surface area contributed by atoms with Crippen LogP contribution >= 0.6 is 0 Å². The Morgan fingerprint density at radius 2 is 1.91 bits per heavy atom. The monoisotopic (exact) mass is 312 g/mol. The first-order valence-corrected chi connectivity index (χ1v) is 8.59. The van der Waals surface area contributed by atoms with Crippen LogP contribution in [0.25, 0.3) is 11.0 Å². The Kier molecular flexibility index (Phi) is 3.77. The smallest absolute Gasteiger partial charge is 0.226 e. The maximum Gasteiger partial charge on any atom is 0.226 e. The molecule has 23 heavy (non-hydrogen) atoms. The Morgan fingerprint density at radius 1 is 1.04 bits per heavy atom. The predicted octanol–water partition coefficient (Wildman–Crippen LogP) is 2.38. The van der Waals surface area contributed by atoms with E-state index in [-0.39, 0.29) is 0 Å². The second-order valence-electron chi connectivity index (χ2n) is 6.78. The molecule has 3 N–H and O–H groups in total. The van der Waals surface area contributed by atoms with Crippen molar-refractivity contribution < 1.29 is 0 Å². The number of aryl methyl sites for hydroxylation is 2. The van der Waals surface area contributed by atoms with Crippen LogP contribution in [-0.4, -0.2) is 40.1 Å². The van der Waals surface area contributed by atoms with Crippen LogP contribution in [0.4, 0.5) is 11.8 Å². The van der Waals surface area contributed by atoms with Gasteiger partial charge in [-0.3, -0.25) is 0 Å². The minimum Gasteiger partial charge on any atom is -0.367 e. The van der Waals surface area contributed by atoms with E-state index in [1.165, 1.54) is 24.8 Å². The molecule has 0 unspecified atom stereocenters. The van der Waals surface area contributed by atoms with Gasteiger partial charge in [0.25, 0.3) is 0 Å². The zero-order chi connectivity index (χ0) is 15.8. The standard InChI is InChI=1S/C17H24N6/c1-10-8-11(2)19-15-14(10)16(20-12-4-3-5-12)23-17(22-15)21-13-6-7-18-9-13/h8,12-13,18H,3-7,9H2,1-2H3,(H2,19,20,21,22,23)/t13-/m1/s1. The highest BCUT2D eigenvalue weighted by molar-refractivity contribution is 5.90. The van der Waals surface area contributed by atoms with Crippen LogP contribution in [0, 0.1) is 13.8 Å². The topological polar surface area (TPSA) is 74.8 Å². The molecule has 1 saturated heterocycles. The third-order valence-electron chi connectivity index (χ3n) is 4.83. The lowest BCUT2D eigenvalue weighted by atomic mass is 9.93. The fraction of sp³-hybridized carbons (Fsp3) is 0.588. The second kappa shape index (κ2) is 5.92. The lowest BCUT2D eigenvalue weighted by Crippen LogP contribution is -2.28. The first-order valence-electron chi connectivity index (χ1n) is 8.59. The van der Waals surface area contributed by atoms with Gasteiger partial charge in [0.15, 0.2) is 5.65 Å². The van der Waals surface area contributed by atoms with Crippen molar-refractivity contribution in [2.45, 2.75) is 51.6 Å². The van der Waals surface area contributed by atoms with Gasteiger partial charge in [0, 0.05) is 24.3 Å². The maximum absolute atomic E-state index is 4.78. The first kappa shape index (κ1) is 14.6. The summed E-state index contributed by atoms with van der Waals surface area (Å²) in [5, 5.41) is 11.5. The van der Waals surface area contributed by atoms with E-state index >= 15 is 0 Å². The number of nitrogens with one attached hydrogen (secondary N) is 3. The van der Waals surface area contributed by atoms with Crippen molar-refractivity contribution >= 4 is 22.8 Å². The summed E-state index contributed by atoms with van der Waals surface area (Å²) in [4.78, 5) is 14.1. The van der Waals surface area contributed by atoms with Crippen LogP contribution in [0.2, 0.25) is 0 Å². The van der Waals surface area contributed by atoms with E-state index in [2.05, 4.69) is 38.9 Å². The average Bonchev–Trinajstić information content (AvgIpc) is 2.94. The van der Waals surface area contributed by atoms with Crippen molar-refractivity contribution in [3.05, 3.63) is 17.3 Å². The maximum atomic E-state index is 4.78. The molecule has 0 radical (unpaired) electrons. The molecule has 1 saturated carbocycles. The van der Waals surface area contributed by atoms with Crippen LogP contribution in [0.1, 0.15) is 36.9 Å². The summed E-state index contributed by atoms with van der Waals surface area (Å²) in [5.41, 5.74) is 2.97. The zero-order valence-electron chi connectivity index (χ0n) is 13.8. The van der Waals surface area contributed by atoms with Crippen LogP contribution in [-0.2, 0) is 0 Å². The van der Waals surface area contributed by atoms with Crippen LogP contribution in [0.15, 0.2) is 6.07 Å². The van der Waals surface area contributed by atoms with E-state index < -0.39 is 0 Å². The van der Waals surface area contributed by atoms with Gasteiger partial charge >= 0.3 is 0 Å². The number of aromatic nitrogens is 3. The second-order valence-corrected chi connectivity index (χ2v) is 6.78. The number of pyridine rings is 1. The summed E-state index contributed by atoms with van der Waals surface area (Å²) in [7, 11) is 0. The molecule has 2 aromatic heterocycles. The van der Waals surface area contributed by atoms with Gasteiger partial charge in [0.1, 0.15) is 5.82 Å². The fourth-order valence-corrected chi connectivity index (χ4v) is 3.35. The molecule has 1 aliphatic carbocycles. The summed E-state index contributed by atoms with van der Waals surface area (Å²) in [5.74, 6) is 1.61. The van der Waals surface area contributed by atoms with Gasteiger partial charge in [0.05, 0.1) is 5.39 Å². The number of hydrogen-bond acceptors (Lipinski definition) is 6. The number of rotatable bonds is 4. The van der Waals surface area contributed by atoms with Crippen LogP contribution < -0.4 is 16.0 Å². The average molecular weight is 312 g/mol. The van der Waals surface area contributed by atoms with E-state index in [0.29, 0.717) is 18.0 Å². The van der Waals surface area contributed by atoms with E-state index in [0.717, 1.165) is 42.1 Å². The number of anilines is 2. The highest BCUT2D eigenvalue weighted by Gasteiger charge is 2.22. The molecule has 0 bridgehead atoms. The molecule has 0 spiro atoms. The van der Waals surface area contributed by atoms with Gasteiger partial charge in [-0.1, -0.05) is 0 Å². The number of nitrogens with zero attached hydrogens (tertiary/aromatic N) is 3. The third-order valence-corrected chi connectivity index (χ3v) is 4.83. The summed E-state index contributed by atoms with van der Waals surface area (Å²) >= 11 is 0. The Balaban J connectivity index is 1.74. The Labute approximate surface area is 136 Å². The van der Waals surface area contributed by atoms with Crippen molar-refractivity contribution in [1.82, 2.24) is 20.3 Å². The summed E-state index contributed by atoms with van der Waals surface area (Å²) < 4.78 is 0. The molecule has 6 nitrogen and oxygen atoms in total. The molecule has 2 aromatic rings. The minimum absolute atomic E-state index is 0.398. The first-order chi connectivity index (χ1) is 11.2. The van der Waals surface area contributed by atoms with Crippen LogP contribution in [0.3, 0.4) is 0 Å². The van der Waals surface area contributed by atoms with Crippen molar-refractivity contribution in [1.29, 1.82) is 0 Å². The molecular weight excluding hydrogens is 288 g/mol. The van der Waals surface area contributed by atoms with Crippen molar-refractivity contribution in [3.63, 3.8) is 0 Å². The van der Waals surface area contributed by atoms with Crippen molar-refractivity contribution in [2.24, 2.45) is 0 Å². The molecule has 4 rings (SSSR count). The number of hydrogen-bond donors (Lipinski definition) is 3. The summed E-state index contributed by atoms with van der Waals surface area (Å²) in [6.07, 6.45) is 4.85. The quantitative estimate of drug-likeness (QED) is 0.805. The highest BCUT2D eigenvalue weighted by Crippen LogP contribution is 2.29. The molecule has 3 heterocycles. The van der Waals surface area contributed by atoms with Gasteiger partial charge in [0.2, 0.25) is 5.95 Å². The van der Waals surface area contributed by atoms with Gasteiger partial charge in [-0.05, 0) is 57.7 Å². The molecule has 2 fully saturated rings. The minimum atomic E-state index is 0.398. The lowest BCUT2D eigenvalue weighted by Gasteiger charge is -2.28. The fourth-order valence-electron chi connectivity index (χ4n) is 3.35. The normalized spacial score (nSPS) is 21.4. The largest absolute Gasteiger partial charge is 0.367 e.